The number of ketones is 1. The lowest BCUT2D eigenvalue weighted by Gasteiger charge is -2.35. The van der Waals surface area contributed by atoms with E-state index in [1.807, 2.05) is 52.8 Å². The van der Waals surface area contributed by atoms with Gasteiger partial charge in [0.1, 0.15) is 29.2 Å². The second kappa shape index (κ2) is 11.9. The van der Waals surface area contributed by atoms with Gasteiger partial charge in [-0.25, -0.2) is 14.8 Å². The Kier molecular flexibility index (Phi) is 8.60. The average Bonchev–Trinajstić information content (AvgIpc) is 3.53. The van der Waals surface area contributed by atoms with Crippen molar-refractivity contribution in [3.8, 4) is 11.6 Å². The van der Waals surface area contributed by atoms with Crippen LogP contribution in [-0.4, -0.2) is 70.1 Å². The molecule has 5 rings (SSSR count). The van der Waals surface area contributed by atoms with Crippen LogP contribution in [0.2, 0.25) is 0 Å². The largest absolute Gasteiger partial charge is 0.497 e. The molecule has 0 spiro atoms. The van der Waals surface area contributed by atoms with E-state index in [1.165, 1.54) is 6.92 Å². The highest BCUT2D eigenvalue weighted by atomic mass is 16.6. The molecule has 1 aliphatic carbocycles. The van der Waals surface area contributed by atoms with Crippen LogP contribution < -0.4 is 14.8 Å². The minimum absolute atomic E-state index is 0.131. The quantitative estimate of drug-likeness (QED) is 0.512. The third-order valence-corrected chi connectivity index (χ3v) is 9.58. The van der Waals surface area contributed by atoms with Crippen molar-refractivity contribution >= 4 is 28.8 Å². The summed E-state index contributed by atoms with van der Waals surface area (Å²) in [7, 11) is 1.61. The summed E-state index contributed by atoms with van der Waals surface area (Å²) in [6.07, 6.45) is 5.10. The summed E-state index contributed by atoms with van der Waals surface area (Å²) >= 11 is 0. The average molecular weight is 595 g/mol. The number of benzene rings is 1. The van der Waals surface area contributed by atoms with E-state index in [1.54, 1.807) is 12.0 Å². The first-order chi connectivity index (χ1) is 20.4. The van der Waals surface area contributed by atoms with Crippen LogP contribution in [0.15, 0.2) is 18.2 Å². The van der Waals surface area contributed by atoms with Gasteiger partial charge in [0.25, 0.3) is 0 Å². The summed E-state index contributed by atoms with van der Waals surface area (Å²) in [6, 6.07) is 4.01. The first-order valence-electron chi connectivity index (χ1n) is 15.7. The van der Waals surface area contributed by atoms with Crippen molar-refractivity contribution in [2.75, 3.05) is 13.7 Å². The van der Waals surface area contributed by atoms with Gasteiger partial charge in [0.05, 0.1) is 30.7 Å². The number of methoxy groups -OCH3 is 1. The van der Waals surface area contributed by atoms with Gasteiger partial charge in [-0.05, 0) is 56.6 Å². The van der Waals surface area contributed by atoms with E-state index in [0.717, 1.165) is 49.7 Å². The summed E-state index contributed by atoms with van der Waals surface area (Å²) in [5, 5.41) is 2.89. The normalized spacial score (nSPS) is 30.2. The molecule has 1 aromatic carbocycles. The Morgan fingerprint density at radius 1 is 1.16 bits per heavy atom. The zero-order valence-electron chi connectivity index (χ0n) is 26.6. The Morgan fingerprint density at radius 2 is 1.93 bits per heavy atom. The lowest BCUT2D eigenvalue weighted by molar-refractivity contribution is -0.141. The minimum atomic E-state index is -0.888. The molecule has 1 saturated carbocycles. The Hall–Kier alpha value is -3.43. The number of hydrogen-bond acceptors (Lipinski definition) is 8. The van der Waals surface area contributed by atoms with Gasteiger partial charge < -0.3 is 24.4 Å². The highest BCUT2D eigenvalue weighted by Crippen LogP contribution is 2.52. The van der Waals surface area contributed by atoms with Gasteiger partial charge in [-0.3, -0.25) is 9.59 Å². The smallest absolute Gasteiger partial charge is 0.408 e. The third-order valence-electron chi connectivity index (χ3n) is 9.58. The number of nitrogens with one attached hydrogen (secondary N) is 1. The monoisotopic (exact) mass is 594 g/mol. The molecule has 10 heteroatoms. The fourth-order valence-corrected chi connectivity index (χ4v) is 6.86. The maximum Gasteiger partial charge on any atom is 0.408 e. The zero-order chi connectivity index (χ0) is 31.1. The molecule has 0 unspecified atom stereocenters. The Labute approximate surface area is 254 Å². The maximum absolute atomic E-state index is 14.2. The molecule has 0 radical (unpaired) electrons. The number of aryl methyl sites for hydroxylation is 1. The van der Waals surface area contributed by atoms with Crippen LogP contribution in [0.4, 0.5) is 4.79 Å². The van der Waals surface area contributed by atoms with Crippen molar-refractivity contribution in [2.24, 2.45) is 17.3 Å². The Morgan fingerprint density at radius 3 is 2.60 bits per heavy atom. The number of Topliss-reactive ketones (excluding diaryl/α,β-unsaturated/α-hetero) is 1. The molecule has 2 bridgehead atoms. The predicted molar refractivity (Wildman–Crippen MR) is 162 cm³/mol. The van der Waals surface area contributed by atoms with E-state index < -0.39 is 35.3 Å². The molecule has 43 heavy (non-hydrogen) atoms. The topological polar surface area (TPSA) is 120 Å². The molecule has 1 N–H and O–H groups in total. The molecule has 2 fully saturated rings. The number of fused-ring (bicyclic) bond motifs is 5. The Balaban J connectivity index is 1.53. The van der Waals surface area contributed by atoms with Crippen LogP contribution in [0, 0.1) is 17.3 Å². The van der Waals surface area contributed by atoms with E-state index >= 15 is 0 Å². The van der Waals surface area contributed by atoms with Gasteiger partial charge in [-0.2, -0.15) is 0 Å². The molecule has 6 atom stereocenters. The van der Waals surface area contributed by atoms with Gasteiger partial charge >= 0.3 is 6.09 Å². The highest BCUT2D eigenvalue weighted by molar-refractivity contribution is 5.92. The van der Waals surface area contributed by atoms with Crippen LogP contribution in [0.25, 0.3) is 11.0 Å². The summed E-state index contributed by atoms with van der Waals surface area (Å²) in [4.78, 5) is 51.8. The van der Waals surface area contributed by atoms with E-state index in [0.29, 0.717) is 29.5 Å². The maximum atomic E-state index is 14.2. The molecule has 2 aromatic rings. The number of nitrogens with zero attached hydrogens (tertiary/aromatic N) is 3. The van der Waals surface area contributed by atoms with E-state index in [4.69, 9.17) is 24.2 Å². The number of carbonyl (C=O) groups is 3. The summed E-state index contributed by atoms with van der Waals surface area (Å²) in [6.45, 7) is 11.4. The molecule has 2 amide bonds. The van der Waals surface area contributed by atoms with Crippen molar-refractivity contribution in [2.45, 2.75) is 110 Å². The van der Waals surface area contributed by atoms with Gasteiger partial charge in [0.2, 0.25) is 11.8 Å². The number of amides is 2. The zero-order valence-corrected chi connectivity index (χ0v) is 26.6. The lowest BCUT2D eigenvalue weighted by atomic mass is 9.85. The number of aromatic nitrogens is 2. The van der Waals surface area contributed by atoms with Crippen molar-refractivity contribution in [3.05, 3.63) is 23.9 Å². The second-order valence-electron chi connectivity index (χ2n) is 13.6. The summed E-state index contributed by atoms with van der Waals surface area (Å²) in [5.41, 5.74) is 1.07. The molecule has 3 aliphatic rings. The molecular weight excluding hydrogens is 548 g/mol. The van der Waals surface area contributed by atoms with E-state index in [2.05, 4.69) is 5.32 Å². The predicted octanol–water partition coefficient (Wildman–Crippen LogP) is 5.25. The van der Waals surface area contributed by atoms with E-state index in [-0.39, 0.29) is 24.2 Å². The standard InChI is InChI=1S/C33H46N4O6/c1-8-33-17-21(33)12-10-9-11-13-24-29(35-25-16-22(41-7)14-15-23(25)34-24)42-26-18-37(27(19(26)2)20(3)38)30(39)28(32(4,5)6)36-31(40)43-33/h14-16,19,21,26-28H,8-13,17-18H2,1-7H3,(H,36,40)/t19-,21-,26+,27+,28-,33-/m1/s1. The molecule has 10 nitrogen and oxygen atoms in total. The molecule has 234 valence electrons. The summed E-state index contributed by atoms with van der Waals surface area (Å²) in [5.74, 6) is 0.651. The third kappa shape index (κ3) is 6.29. The first kappa shape index (κ1) is 31.0. The van der Waals surface area contributed by atoms with Gasteiger partial charge in [-0.15, -0.1) is 0 Å². The molecular formula is C33H46N4O6. The highest BCUT2D eigenvalue weighted by Gasteiger charge is 2.56. The SMILES string of the molecule is CC[C@@]12C[C@H]1CCCCCc1nc3ccc(OC)cc3nc1O[C@H]1CN(C(=O)[C@H](C(C)(C)C)NC(=O)O2)[C@H](C(C)=O)[C@@H]1C. The minimum Gasteiger partial charge on any atom is -0.497 e. The fourth-order valence-electron chi connectivity index (χ4n) is 6.86. The second-order valence-corrected chi connectivity index (χ2v) is 13.6. The lowest BCUT2D eigenvalue weighted by Crippen LogP contribution is -2.57. The van der Waals surface area contributed by atoms with Gasteiger partial charge in [0, 0.05) is 17.9 Å². The summed E-state index contributed by atoms with van der Waals surface area (Å²) < 4.78 is 18.0. The van der Waals surface area contributed by atoms with Crippen LogP contribution >= 0.6 is 0 Å². The van der Waals surface area contributed by atoms with E-state index in [9.17, 15) is 14.4 Å². The number of carbonyl (C=O) groups excluding carboxylic acids is 3. The molecule has 3 heterocycles. The fraction of sp³-hybridized carbons (Fsp3) is 0.667. The van der Waals surface area contributed by atoms with Gasteiger partial charge in [-0.1, -0.05) is 47.5 Å². The van der Waals surface area contributed by atoms with Gasteiger partial charge in [0.15, 0.2) is 5.78 Å². The first-order valence-corrected chi connectivity index (χ1v) is 15.7. The van der Waals surface area contributed by atoms with Crippen LogP contribution in [-0.2, 0) is 20.7 Å². The van der Waals surface area contributed by atoms with Crippen molar-refractivity contribution in [1.29, 1.82) is 0 Å². The van der Waals surface area contributed by atoms with Crippen molar-refractivity contribution in [3.63, 3.8) is 0 Å². The number of alkyl carbamates (subject to hydrolysis) is 1. The number of hydrogen-bond donors (Lipinski definition) is 1. The van der Waals surface area contributed by atoms with Crippen LogP contribution in [0.5, 0.6) is 11.6 Å². The van der Waals surface area contributed by atoms with Crippen LogP contribution in [0.3, 0.4) is 0 Å². The van der Waals surface area contributed by atoms with Crippen molar-refractivity contribution in [1.82, 2.24) is 20.2 Å². The number of ether oxygens (including phenoxy) is 3. The molecule has 2 aliphatic heterocycles. The number of rotatable bonds is 3. The van der Waals surface area contributed by atoms with Crippen LogP contribution in [0.1, 0.15) is 85.8 Å². The molecule has 1 saturated heterocycles. The molecule has 1 aromatic heterocycles. The Bertz CT molecular complexity index is 1390. The van der Waals surface area contributed by atoms with Crippen molar-refractivity contribution < 1.29 is 28.6 Å².